The van der Waals surface area contributed by atoms with Gasteiger partial charge < -0.3 is 14.4 Å². The fraction of sp³-hybridized carbons (Fsp3) is 0.600. The predicted octanol–water partition coefficient (Wildman–Crippen LogP) is 3.96. The number of carbonyl (C=O) groups excluding carboxylic acids is 2. The first-order valence-corrected chi connectivity index (χ1v) is 11.5. The molecule has 0 radical (unpaired) electrons. The number of rotatable bonds is 9. The average Bonchev–Trinajstić information content (AvgIpc) is 2.95. The van der Waals surface area contributed by atoms with E-state index in [1.165, 1.54) is 4.90 Å². The van der Waals surface area contributed by atoms with Gasteiger partial charge in [0.2, 0.25) is 0 Å². The van der Waals surface area contributed by atoms with E-state index in [1.807, 2.05) is 45.0 Å². The Morgan fingerprint density at radius 3 is 2.26 bits per heavy atom. The fourth-order valence-corrected chi connectivity index (χ4v) is 4.61. The molecule has 1 aromatic rings. The van der Waals surface area contributed by atoms with Gasteiger partial charge in [-0.05, 0) is 63.1 Å². The third kappa shape index (κ3) is 5.48. The quantitative estimate of drug-likeness (QED) is 0.440. The summed E-state index contributed by atoms with van der Waals surface area (Å²) in [5.41, 5.74) is 1.83. The van der Waals surface area contributed by atoms with E-state index in [1.54, 1.807) is 0 Å². The monoisotopic (exact) mass is 428 g/mol. The second-order valence-corrected chi connectivity index (χ2v) is 9.08. The summed E-state index contributed by atoms with van der Waals surface area (Å²) in [6.07, 6.45) is 1.85. The molecular formula is C25H36N2O4. The number of hydrogen-bond donors (Lipinski definition) is 0. The van der Waals surface area contributed by atoms with Crippen molar-refractivity contribution in [1.82, 2.24) is 9.80 Å². The van der Waals surface area contributed by atoms with Crippen LogP contribution in [-0.2, 0) is 14.3 Å². The Morgan fingerprint density at radius 2 is 1.68 bits per heavy atom. The van der Waals surface area contributed by atoms with Crippen LogP contribution in [0.3, 0.4) is 0 Å². The molecule has 1 fully saturated rings. The van der Waals surface area contributed by atoms with E-state index in [0.717, 1.165) is 30.8 Å². The molecule has 31 heavy (non-hydrogen) atoms. The Hall–Kier alpha value is -2.34. The van der Waals surface area contributed by atoms with Gasteiger partial charge in [0.15, 0.2) is 0 Å². The van der Waals surface area contributed by atoms with Crippen molar-refractivity contribution >= 4 is 17.4 Å². The molecule has 2 atom stereocenters. The van der Waals surface area contributed by atoms with Crippen molar-refractivity contribution in [3.05, 3.63) is 35.5 Å². The highest BCUT2D eigenvalue weighted by molar-refractivity contribution is 6.35. The lowest BCUT2D eigenvalue weighted by Crippen LogP contribution is -2.42. The van der Waals surface area contributed by atoms with Gasteiger partial charge in [0, 0.05) is 32.8 Å². The number of hydrogen-bond acceptors (Lipinski definition) is 5. The molecule has 6 nitrogen and oxygen atoms in total. The first-order chi connectivity index (χ1) is 14.8. The molecule has 0 saturated carbocycles. The summed E-state index contributed by atoms with van der Waals surface area (Å²) >= 11 is 0. The van der Waals surface area contributed by atoms with Crippen LogP contribution in [0.2, 0.25) is 0 Å². The van der Waals surface area contributed by atoms with Gasteiger partial charge in [0.05, 0.1) is 11.7 Å². The summed E-state index contributed by atoms with van der Waals surface area (Å²) in [4.78, 5) is 30.4. The number of amides is 2. The van der Waals surface area contributed by atoms with Gasteiger partial charge in [-0.15, -0.1) is 0 Å². The predicted molar refractivity (Wildman–Crippen MR) is 121 cm³/mol. The molecule has 170 valence electrons. The minimum atomic E-state index is -0.208. The van der Waals surface area contributed by atoms with E-state index in [9.17, 15) is 9.59 Å². The average molecular weight is 429 g/mol. The number of likely N-dealkylation sites (tertiary alicyclic amines) is 1. The summed E-state index contributed by atoms with van der Waals surface area (Å²) in [6, 6.07) is 7.52. The molecule has 2 aliphatic heterocycles. The van der Waals surface area contributed by atoms with Crippen molar-refractivity contribution in [2.24, 2.45) is 11.8 Å². The minimum Gasteiger partial charge on any atom is -0.491 e. The molecule has 0 bridgehead atoms. The number of nitrogens with zero attached hydrogens (tertiary/aromatic N) is 2. The first-order valence-electron chi connectivity index (χ1n) is 11.5. The Bertz CT molecular complexity index is 805. The molecule has 1 aromatic carbocycles. The van der Waals surface area contributed by atoms with Gasteiger partial charge in [-0.1, -0.05) is 26.0 Å². The van der Waals surface area contributed by atoms with Gasteiger partial charge in [-0.25, -0.2) is 0 Å². The molecular weight excluding hydrogens is 392 g/mol. The number of piperidine rings is 1. The fourth-order valence-electron chi connectivity index (χ4n) is 4.61. The minimum absolute atomic E-state index is 0.0764. The van der Waals surface area contributed by atoms with Crippen molar-refractivity contribution in [3.63, 3.8) is 0 Å². The Kier molecular flexibility index (Phi) is 7.76. The van der Waals surface area contributed by atoms with Crippen LogP contribution in [0.4, 0.5) is 0 Å². The van der Waals surface area contributed by atoms with E-state index in [0.29, 0.717) is 49.3 Å². The molecule has 2 aliphatic rings. The highest BCUT2D eigenvalue weighted by Crippen LogP contribution is 2.35. The molecule has 2 heterocycles. The third-order valence-corrected chi connectivity index (χ3v) is 5.72. The number of carbonyl (C=O) groups is 2. The lowest BCUT2D eigenvalue weighted by Gasteiger charge is -2.37. The van der Waals surface area contributed by atoms with E-state index >= 15 is 0 Å². The molecule has 2 unspecified atom stereocenters. The highest BCUT2D eigenvalue weighted by Gasteiger charge is 2.42. The van der Waals surface area contributed by atoms with Crippen molar-refractivity contribution in [2.45, 2.75) is 53.6 Å². The molecule has 0 N–H and O–H groups in total. The van der Waals surface area contributed by atoms with E-state index in [2.05, 4.69) is 18.7 Å². The molecule has 0 spiro atoms. The first kappa shape index (κ1) is 23.3. The molecule has 0 aliphatic carbocycles. The van der Waals surface area contributed by atoms with Gasteiger partial charge in [0.25, 0.3) is 11.8 Å². The summed E-state index contributed by atoms with van der Waals surface area (Å²) in [6.45, 7) is 13.5. The summed E-state index contributed by atoms with van der Waals surface area (Å²) in [5.74, 6) is 1.33. The largest absolute Gasteiger partial charge is 0.491 e. The second-order valence-electron chi connectivity index (χ2n) is 9.08. The zero-order valence-electron chi connectivity index (χ0n) is 19.5. The maximum Gasteiger partial charge on any atom is 0.277 e. The maximum atomic E-state index is 13.4. The molecule has 1 saturated heterocycles. The Balaban J connectivity index is 1.93. The maximum absolute atomic E-state index is 13.4. The zero-order valence-corrected chi connectivity index (χ0v) is 19.5. The van der Waals surface area contributed by atoms with Crippen LogP contribution in [0.5, 0.6) is 5.75 Å². The Morgan fingerprint density at radius 1 is 1.03 bits per heavy atom. The molecule has 3 rings (SSSR count). The standard InChI is InChI=1S/C25H36N2O4/c1-6-30-13-7-12-27-24(28)22(20-8-10-21(11-9-20)31-17(2)3)23(25(27)29)26-15-18(4)14-19(5)16-26/h8-11,17-19H,6-7,12-16H2,1-5H3. The van der Waals surface area contributed by atoms with Crippen LogP contribution in [-0.4, -0.2) is 60.6 Å². The molecule has 0 aromatic heterocycles. The van der Waals surface area contributed by atoms with Crippen LogP contribution >= 0.6 is 0 Å². The van der Waals surface area contributed by atoms with Crippen LogP contribution in [0.15, 0.2) is 30.0 Å². The lowest BCUT2D eigenvalue weighted by molar-refractivity contribution is -0.137. The van der Waals surface area contributed by atoms with Crippen LogP contribution in [0, 0.1) is 11.8 Å². The molecule has 2 amide bonds. The highest BCUT2D eigenvalue weighted by atomic mass is 16.5. The van der Waals surface area contributed by atoms with Gasteiger partial charge in [0.1, 0.15) is 11.4 Å². The van der Waals surface area contributed by atoms with Gasteiger partial charge in [-0.2, -0.15) is 0 Å². The van der Waals surface area contributed by atoms with Crippen molar-refractivity contribution < 1.29 is 19.1 Å². The van der Waals surface area contributed by atoms with Gasteiger partial charge >= 0.3 is 0 Å². The summed E-state index contributed by atoms with van der Waals surface area (Å²) in [5, 5.41) is 0. The van der Waals surface area contributed by atoms with E-state index in [-0.39, 0.29) is 17.9 Å². The van der Waals surface area contributed by atoms with Crippen LogP contribution in [0.25, 0.3) is 5.57 Å². The zero-order chi connectivity index (χ0) is 22.5. The summed E-state index contributed by atoms with van der Waals surface area (Å²) in [7, 11) is 0. The van der Waals surface area contributed by atoms with Crippen LogP contribution in [0.1, 0.15) is 53.0 Å². The summed E-state index contributed by atoms with van der Waals surface area (Å²) < 4.78 is 11.1. The van der Waals surface area contributed by atoms with Gasteiger partial charge in [-0.3, -0.25) is 14.5 Å². The Labute approximate surface area is 186 Å². The van der Waals surface area contributed by atoms with Crippen molar-refractivity contribution in [1.29, 1.82) is 0 Å². The number of imide groups is 1. The third-order valence-electron chi connectivity index (χ3n) is 5.72. The molecule has 6 heteroatoms. The second kappa shape index (κ2) is 10.3. The normalized spacial score (nSPS) is 22.1. The van der Waals surface area contributed by atoms with Crippen molar-refractivity contribution in [2.75, 3.05) is 32.8 Å². The number of benzene rings is 1. The van der Waals surface area contributed by atoms with E-state index < -0.39 is 0 Å². The smallest absolute Gasteiger partial charge is 0.277 e. The number of ether oxygens (including phenoxy) is 2. The van der Waals surface area contributed by atoms with Crippen molar-refractivity contribution in [3.8, 4) is 5.75 Å². The van der Waals surface area contributed by atoms with E-state index in [4.69, 9.17) is 9.47 Å². The van der Waals surface area contributed by atoms with Crippen LogP contribution < -0.4 is 4.74 Å². The topological polar surface area (TPSA) is 59.1 Å². The lowest BCUT2D eigenvalue weighted by atomic mass is 9.91. The SMILES string of the molecule is CCOCCCN1C(=O)C(c2ccc(OC(C)C)cc2)=C(N2CC(C)CC(C)C2)C1=O.